The SMILES string of the molecule is COC(C)(C)CC(C(=O)O)N(C(C)=O)C1CC1. The molecule has 1 amide bonds. The van der Waals surface area contributed by atoms with Crippen molar-refractivity contribution in [2.45, 2.75) is 57.7 Å². The van der Waals surface area contributed by atoms with Crippen molar-refractivity contribution in [3.05, 3.63) is 0 Å². The highest BCUT2D eigenvalue weighted by Crippen LogP contribution is 2.31. The Balaban J connectivity index is 2.83. The smallest absolute Gasteiger partial charge is 0.326 e. The molecule has 1 atom stereocenters. The molecule has 0 saturated heterocycles. The Morgan fingerprint density at radius 1 is 1.47 bits per heavy atom. The van der Waals surface area contributed by atoms with Gasteiger partial charge in [0, 0.05) is 26.5 Å². The average Bonchev–Trinajstić information content (AvgIpc) is 3.00. The first-order valence-corrected chi connectivity index (χ1v) is 5.85. The molecule has 1 aliphatic carbocycles. The maximum atomic E-state index is 11.6. The van der Waals surface area contributed by atoms with Gasteiger partial charge in [-0.05, 0) is 26.7 Å². The van der Waals surface area contributed by atoms with E-state index >= 15 is 0 Å². The van der Waals surface area contributed by atoms with E-state index in [1.165, 1.54) is 11.8 Å². The number of hydrogen-bond donors (Lipinski definition) is 1. The maximum absolute atomic E-state index is 11.6. The molecule has 1 aliphatic rings. The lowest BCUT2D eigenvalue weighted by molar-refractivity contribution is -0.153. The van der Waals surface area contributed by atoms with Gasteiger partial charge in [-0.25, -0.2) is 4.79 Å². The van der Waals surface area contributed by atoms with Gasteiger partial charge in [0.25, 0.3) is 0 Å². The van der Waals surface area contributed by atoms with Gasteiger partial charge >= 0.3 is 5.97 Å². The zero-order chi connectivity index (χ0) is 13.2. The van der Waals surface area contributed by atoms with E-state index in [2.05, 4.69) is 0 Å². The van der Waals surface area contributed by atoms with Crippen LogP contribution in [0.4, 0.5) is 0 Å². The molecule has 0 aromatic carbocycles. The fourth-order valence-corrected chi connectivity index (χ4v) is 1.94. The van der Waals surface area contributed by atoms with Crippen molar-refractivity contribution in [3.8, 4) is 0 Å². The Morgan fingerprint density at radius 3 is 2.29 bits per heavy atom. The largest absolute Gasteiger partial charge is 0.480 e. The molecule has 5 heteroatoms. The zero-order valence-corrected chi connectivity index (χ0v) is 10.9. The van der Waals surface area contributed by atoms with Gasteiger partial charge in [0.2, 0.25) is 5.91 Å². The summed E-state index contributed by atoms with van der Waals surface area (Å²) in [4.78, 5) is 24.4. The number of hydrogen-bond acceptors (Lipinski definition) is 3. The highest BCUT2D eigenvalue weighted by molar-refractivity contribution is 5.82. The summed E-state index contributed by atoms with van der Waals surface area (Å²) in [5, 5.41) is 9.28. The van der Waals surface area contributed by atoms with E-state index in [9.17, 15) is 14.7 Å². The van der Waals surface area contributed by atoms with E-state index in [0.29, 0.717) is 6.42 Å². The van der Waals surface area contributed by atoms with Gasteiger partial charge in [-0.1, -0.05) is 0 Å². The Hall–Kier alpha value is -1.10. The van der Waals surface area contributed by atoms with Gasteiger partial charge in [-0.15, -0.1) is 0 Å². The molecule has 1 saturated carbocycles. The van der Waals surface area contributed by atoms with Gasteiger partial charge in [0.1, 0.15) is 6.04 Å². The number of carbonyl (C=O) groups excluding carboxylic acids is 1. The summed E-state index contributed by atoms with van der Waals surface area (Å²) in [6.45, 7) is 5.08. The summed E-state index contributed by atoms with van der Waals surface area (Å²) in [6, 6.07) is -0.698. The number of carboxylic acid groups (broad SMARTS) is 1. The van der Waals surface area contributed by atoms with Crippen LogP contribution < -0.4 is 0 Å². The number of ether oxygens (including phenoxy) is 1. The summed E-state index contributed by atoms with van der Waals surface area (Å²) < 4.78 is 5.25. The van der Waals surface area contributed by atoms with Crippen LogP contribution in [-0.2, 0) is 14.3 Å². The van der Waals surface area contributed by atoms with E-state index in [1.807, 2.05) is 13.8 Å². The van der Waals surface area contributed by atoms with Crippen LogP contribution in [0.1, 0.15) is 40.0 Å². The molecule has 0 aromatic heterocycles. The molecule has 0 aliphatic heterocycles. The summed E-state index contributed by atoms with van der Waals surface area (Å²) in [5.74, 6) is -1.14. The molecule has 98 valence electrons. The van der Waals surface area contributed by atoms with Gasteiger partial charge < -0.3 is 14.7 Å². The molecule has 5 nitrogen and oxygen atoms in total. The fourth-order valence-electron chi connectivity index (χ4n) is 1.94. The third-order valence-corrected chi connectivity index (χ3v) is 3.16. The minimum Gasteiger partial charge on any atom is -0.480 e. The summed E-state index contributed by atoms with van der Waals surface area (Å²) in [5.41, 5.74) is -0.550. The van der Waals surface area contributed by atoms with Crippen molar-refractivity contribution < 1.29 is 19.4 Å². The molecule has 0 heterocycles. The third kappa shape index (κ3) is 3.70. The minimum absolute atomic E-state index is 0.0984. The second kappa shape index (κ2) is 5.04. The highest BCUT2D eigenvalue weighted by atomic mass is 16.5. The quantitative estimate of drug-likeness (QED) is 0.762. The molecule has 1 unspecified atom stereocenters. The van der Waals surface area contributed by atoms with Crippen LogP contribution in [-0.4, -0.2) is 46.7 Å². The second-order valence-electron chi connectivity index (χ2n) is 5.18. The van der Waals surface area contributed by atoms with Crippen molar-refractivity contribution in [1.29, 1.82) is 0 Å². The average molecular weight is 243 g/mol. The Labute approximate surface area is 102 Å². The standard InChI is InChI=1S/C12H21NO4/c1-8(14)13(9-5-6-9)10(11(15)16)7-12(2,3)17-4/h9-10H,5-7H2,1-4H3,(H,15,16). The van der Waals surface area contributed by atoms with Crippen molar-refractivity contribution in [2.75, 3.05) is 7.11 Å². The summed E-state index contributed by atoms with van der Waals surface area (Å²) >= 11 is 0. The number of amides is 1. The molecule has 1 N–H and O–H groups in total. The van der Waals surface area contributed by atoms with Crippen LogP contribution in [0.15, 0.2) is 0 Å². The van der Waals surface area contributed by atoms with Crippen molar-refractivity contribution in [3.63, 3.8) is 0 Å². The highest BCUT2D eigenvalue weighted by Gasteiger charge is 2.41. The summed E-state index contributed by atoms with van der Waals surface area (Å²) in [7, 11) is 1.55. The van der Waals surface area contributed by atoms with Crippen LogP contribution in [0, 0.1) is 0 Å². The predicted octanol–water partition coefficient (Wildman–Crippen LogP) is 1.27. The number of rotatable bonds is 6. The van der Waals surface area contributed by atoms with Crippen molar-refractivity contribution in [2.24, 2.45) is 0 Å². The van der Waals surface area contributed by atoms with Crippen molar-refractivity contribution >= 4 is 11.9 Å². The molecule has 1 fully saturated rings. The number of carbonyl (C=O) groups is 2. The molecular weight excluding hydrogens is 222 g/mol. The van der Waals surface area contributed by atoms with E-state index < -0.39 is 17.6 Å². The van der Waals surface area contributed by atoms with E-state index in [4.69, 9.17) is 4.74 Å². The molecule has 17 heavy (non-hydrogen) atoms. The lowest BCUT2D eigenvalue weighted by atomic mass is 9.97. The van der Waals surface area contributed by atoms with Gasteiger partial charge in [-0.3, -0.25) is 4.79 Å². The van der Waals surface area contributed by atoms with Crippen molar-refractivity contribution in [1.82, 2.24) is 4.90 Å². The molecule has 0 bridgehead atoms. The number of methoxy groups -OCH3 is 1. The summed E-state index contributed by atoms with van der Waals surface area (Å²) in [6.07, 6.45) is 2.10. The number of nitrogens with zero attached hydrogens (tertiary/aromatic N) is 1. The molecule has 0 radical (unpaired) electrons. The molecule has 0 spiro atoms. The first-order chi connectivity index (χ1) is 7.78. The van der Waals surface area contributed by atoms with Gasteiger partial charge in [0.15, 0.2) is 0 Å². The van der Waals surface area contributed by atoms with Gasteiger partial charge in [0.05, 0.1) is 5.60 Å². The second-order valence-corrected chi connectivity index (χ2v) is 5.18. The minimum atomic E-state index is -0.961. The maximum Gasteiger partial charge on any atom is 0.326 e. The van der Waals surface area contributed by atoms with Gasteiger partial charge in [-0.2, -0.15) is 0 Å². The van der Waals surface area contributed by atoms with Crippen LogP contribution in [0.5, 0.6) is 0 Å². The van der Waals surface area contributed by atoms with Crippen LogP contribution in [0.3, 0.4) is 0 Å². The molecular formula is C12H21NO4. The van der Waals surface area contributed by atoms with E-state index in [1.54, 1.807) is 7.11 Å². The molecule has 1 rings (SSSR count). The van der Waals surface area contributed by atoms with E-state index in [-0.39, 0.29) is 11.9 Å². The molecule has 0 aromatic rings. The lowest BCUT2D eigenvalue weighted by Gasteiger charge is -2.33. The monoisotopic (exact) mass is 243 g/mol. The van der Waals surface area contributed by atoms with Crippen LogP contribution in [0.25, 0.3) is 0 Å². The zero-order valence-electron chi connectivity index (χ0n) is 10.9. The fraction of sp³-hybridized carbons (Fsp3) is 0.833. The predicted molar refractivity (Wildman–Crippen MR) is 62.7 cm³/mol. The van der Waals surface area contributed by atoms with Crippen LogP contribution >= 0.6 is 0 Å². The topological polar surface area (TPSA) is 66.8 Å². The normalized spacial score (nSPS) is 17.6. The number of aliphatic carboxylic acids is 1. The first kappa shape index (κ1) is 14.0. The van der Waals surface area contributed by atoms with Crippen LogP contribution in [0.2, 0.25) is 0 Å². The Morgan fingerprint density at radius 2 is 2.00 bits per heavy atom. The Kier molecular flexibility index (Phi) is 4.14. The van der Waals surface area contributed by atoms with E-state index in [0.717, 1.165) is 12.8 Å². The Bertz CT molecular complexity index is 310. The number of carboxylic acids is 1. The first-order valence-electron chi connectivity index (χ1n) is 5.85. The lowest BCUT2D eigenvalue weighted by Crippen LogP contribution is -2.49. The third-order valence-electron chi connectivity index (χ3n) is 3.16.